The molecule has 7 heteroatoms. The number of fused-ring (bicyclic) bond motifs is 1. The van der Waals surface area contributed by atoms with Crippen molar-refractivity contribution in [1.29, 1.82) is 0 Å². The largest absolute Gasteiger partial charge is 0.506 e. The Kier molecular flexibility index (Phi) is 4.49. The summed E-state index contributed by atoms with van der Waals surface area (Å²) in [6.07, 6.45) is 0.248. The lowest BCUT2D eigenvalue weighted by molar-refractivity contribution is -0.132. The second-order valence-electron chi connectivity index (χ2n) is 6.58. The Morgan fingerprint density at radius 3 is 2.83 bits per heavy atom. The van der Waals surface area contributed by atoms with E-state index in [1.54, 1.807) is 17.0 Å². The second kappa shape index (κ2) is 6.43. The number of aromatic nitrogens is 3. The van der Waals surface area contributed by atoms with E-state index in [1.807, 2.05) is 0 Å². The molecule has 0 saturated carbocycles. The third-order valence-corrected chi connectivity index (χ3v) is 4.59. The topological polar surface area (TPSA) is 71.2 Å². The molecule has 1 atom stereocenters. The Bertz CT molecular complexity index is 772. The van der Waals surface area contributed by atoms with E-state index in [0.29, 0.717) is 19.0 Å². The Morgan fingerprint density at radius 2 is 2.17 bits per heavy atom. The van der Waals surface area contributed by atoms with Crippen LogP contribution in [0.2, 0.25) is 5.02 Å². The molecule has 0 radical (unpaired) electrons. The van der Waals surface area contributed by atoms with Gasteiger partial charge in [0, 0.05) is 12.5 Å². The van der Waals surface area contributed by atoms with Crippen molar-refractivity contribution in [3.63, 3.8) is 0 Å². The van der Waals surface area contributed by atoms with Crippen LogP contribution in [0.15, 0.2) is 18.2 Å². The van der Waals surface area contributed by atoms with E-state index in [2.05, 4.69) is 35.5 Å². The van der Waals surface area contributed by atoms with Gasteiger partial charge in [0.1, 0.15) is 11.6 Å². The molecule has 24 heavy (non-hydrogen) atoms. The number of hydrogen-bond donors (Lipinski definition) is 1. The molecule has 0 saturated heterocycles. The van der Waals surface area contributed by atoms with Crippen LogP contribution in [0.1, 0.15) is 49.9 Å². The number of rotatable bonds is 3. The van der Waals surface area contributed by atoms with Crippen molar-refractivity contribution in [2.24, 2.45) is 0 Å². The lowest BCUT2D eigenvalue weighted by Gasteiger charge is -2.33. The molecule has 6 nitrogen and oxygen atoms in total. The van der Waals surface area contributed by atoms with Crippen molar-refractivity contribution in [2.45, 2.75) is 45.7 Å². The molecule has 2 aromatic rings. The quantitative estimate of drug-likeness (QED) is 0.925. The summed E-state index contributed by atoms with van der Waals surface area (Å²) in [6, 6.07) is 5.00. The van der Waals surface area contributed by atoms with Crippen LogP contribution in [-0.2, 0) is 17.8 Å². The van der Waals surface area contributed by atoms with Crippen LogP contribution in [0.25, 0.3) is 0 Å². The Balaban J connectivity index is 1.76. The summed E-state index contributed by atoms with van der Waals surface area (Å²) < 4.78 is 2.14. The first-order valence-corrected chi connectivity index (χ1v) is 8.43. The van der Waals surface area contributed by atoms with Crippen LogP contribution < -0.4 is 0 Å². The van der Waals surface area contributed by atoms with Crippen molar-refractivity contribution in [1.82, 2.24) is 19.7 Å². The molecule has 1 aromatic carbocycles. The fourth-order valence-electron chi connectivity index (χ4n) is 3.09. The van der Waals surface area contributed by atoms with Crippen molar-refractivity contribution >= 4 is 17.5 Å². The molecule has 0 unspecified atom stereocenters. The number of benzene rings is 1. The van der Waals surface area contributed by atoms with E-state index in [4.69, 9.17) is 11.6 Å². The van der Waals surface area contributed by atoms with Gasteiger partial charge in [0.2, 0.25) is 5.91 Å². The maximum atomic E-state index is 12.6. The summed E-state index contributed by atoms with van der Waals surface area (Å²) in [6.45, 7) is 7.37. The number of phenolic OH excluding ortho intramolecular Hbond substituents is 1. The van der Waals surface area contributed by atoms with Gasteiger partial charge < -0.3 is 14.6 Å². The highest BCUT2D eigenvalue weighted by molar-refractivity contribution is 6.32. The molecule has 3 rings (SSSR count). The van der Waals surface area contributed by atoms with Crippen molar-refractivity contribution in [3.8, 4) is 5.75 Å². The minimum Gasteiger partial charge on any atom is -0.506 e. The van der Waals surface area contributed by atoms with Gasteiger partial charge in [0.05, 0.1) is 24.0 Å². The average Bonchev–Trinajstić information content (AvgIpc) is 2.95. The fourth-order valence-corrected chi connectivity index (χ4v) is 3.29. The third kappa shape index (κ3) is 3.11. The molecule has 0 aliphatic carbocycles. The van der Waals surface area contributed by atoms with Gasteiger partial charge in [0.15, 0.2) is 5.82 Å². The van der Waals surface area contributed by atoms with Crippen LogP contribution in [0, 0.1) is 0 Å². The smallest absolute Gasteiger partial charge is 0.227 e. The van der Waals surface area contributed by atoms with E-state index in [9.17, 15) is 9.90 Å². The lowest BCUT2D eigenvalue weighted by atomic mass is 10.1. The first-order chi connectivity index (χ1) is 11.4. The van der Waals surface area contributed by atoms with Gasteiger partial charge in [-0.3, -0.25) is 4.79 Å². The Morgan fingerprint density at radius 1 is 1.42 bits per heavy atom. The number of aromatic hydroxyl groups is 1. The molecule has 0 fully saturated rings. The summed E-state index contributed by atoms with van der Waals surface area (Å²) in [5.41, 5.74) is 0.783. The summed E-state index contributed by atoms with van der Waals surface area (Å²) in [7, 11) is 0. The summed E-state index contributed by atoms with van der Waals surface area (Å²) >= 11 is 5.91. The van der Waals surface area contributed by atoms with E-state index in [1.165, 1.54) is 6.07 Å². The number of nitrogens with zero attached hydrogens (tertiary/aromatic N) is 4. The zero-order valence-corrected chi connectivity index (χ0v) is 14.8. The average molecular weight is 349 g/mol. The maximum Gasteiger partial charge on any atom is 0.227 e. The van der Waals surface area contributed by atoms with Gasteiger partial charge in [-0.05, 0) is 24.6 Å². The molecular weight excluding hydrogens is 328 g/mol. The fraction of sp³-hybridized carbons (Fsp3) is 0.471. The zero-order valence-electron chi connectivity index (χ0n) is 14.0. The molecule has 0 spiro atoms. The monoisotopic (exact) mass is 348 g/mol. The SMILES string of the molecule is CC(C)c1nnc2n1[C@@H](C)CN(C(=O)Cc1ccc(O)c(Cl)c1)C2. The normalized spacial score (nSPS) is 17.2. The number of carbonyl (C=O) groups is 1. The minimum absolute atomic E-state index is 0.0175. The maximum absolute atomic E-state index is 12.6. The van der Waals surface area contributed by atoms with Crippen LogP contribution >= 0.6 is 11.6 Å². The highest BCUT2D eigenvalue weighted by Gasteiger charge is 2.29. The highest BCUT2D eigenvalue weighted by atomic mass is 35.5. The summed E-state index contributed by atoms with van der Waals surface area (Å²) in [5, 5.41) is 18.3. The first kappa shape index (κ1) is 16.8. The van der Waals surface area contributed by atoms with E-state index < -0.39 is 0 Å². The number of amides is 1. The van der Waals surface area contributed by atoms with E-state index in [-0.39, 0.29) is 29.1 Å². The van der Waals surface area contributed by atoms with Gasteiger partial charge in [-0.1, -0.05) is 31.5 Å². The number of halogens is 1. The van der Waals surface area contributed by atoms with Gasteiger partial charge in [-0.25, -0.2) is 0 Å². The molecule has 1 aliphatic heterocycles. The lowest BCUT2D eigenvalue weighted by Crippen LogP contribution is -2.41. The van der Waals surface area contributed by atoms with E-state index >= 15 is 0 Å². The number of hydrogen-bond acceptors (Lipinski definition) is 4. The molecule has 0 bridgehead atoms. The van der Waals surface area contributed by atoms with Crippen LogP contribution in [0.3, 0.4) is 0 Å². The van der Waals surface area contributed by atoms with Crippen molar-refractivity contribution in [2.75, 3.05) is 6.54 Å². The minimum atomic E-state index is 0.0175. The van der Waals surface area contributed by atoms with Gasteiger partial charge >= 0.3 is 0 Å². The molecule has 2 heterocycles. The summed E-state index contributed by atoms with van der Waals surface area (Å²) in [5.74, 6) is 2.14. The Hall–Kier alpha value is -2.08. The standard InChI is InChI=1S/C17H21ClN4O2/c1-10(2)17-20-19-15-9-21(8-11(3)22(15)17)16(24)7-12-4-5-14(23)13(18)6-12/h4-6,10-11,23H,7-9H2,1-3H3/t11-/m0/s1. The molecule has 1 aromatic heterocycles. The van der Waals surface area contributed by atoms with Gasteiger partial charge in [0.25, 0.3) is 0 Å². The van der Waals surface area contributed by atoms with Gasteiger partial charge in [-0.2, -0.15) is 0 Å². The highest BCUT2D eigenvalue weighted by Crippen LogP contribution is 2.27. The first-order valence-electron chi connectivity index (χ1n) is 8.05. The van der Waals surface area contributed by atoms with Crippen LogP contribution in [0.4, 0.5) is 0 Å². The number of carbonyl (C=O) groups excluding carboxylic acids is 1. The summed E-state index contributed by atoms with van der Waals surface area (Å²) in [4.78, 5) is 14.4. The predicted molar refractivity (Wildman–Crippen MR) is 91.1 cm³/mol. The molecule has 1 amide bonds. The Labute approximate surface area is 146 Å². The predicted octanol–water partition coefficient (Wildman–Crippen LogP) is 2.91. The van der Waals surface area contributed by atoms with Crippen molar-refractivity contribution in [3.05, 3.63) is 40.4 Å². The molecular formula is C17H21ClN4O2. The zero-order chi connectivity index (χ0) is 17.4. The van der Waals surface area contributed by atoms with Crippen LogP contribution in [-0.4, -0.2) is 37.2 Å². The van der Waals surface area contributed by atoms with Gasteiger partial charge in [-0.15, -0.1) is 10.2 Å². The molecule has 128 valence electrons. The van der Waals surface area contributed by atoms with E-state index in [0.717, 1.165) is 17.2 Å². The second-order valence-corrected chi connectivity index (χ2v) is 6.99. The third-order valence-electron chi connectivity index (χ3n) is 4.29. The number of phenols is 1. The van der Waals surface area contributed by atoms with Crippen molar-refractivity contribution < 1.29 is 9.90 Å². The van der Waals surface area contributed by atoms with Crippen LogP contribution in [0.5, 0.6) is 5.75 Å². The molecule has 1 N–H and O–H groups in total. The molecule has 1 aliphatic rings.